The number of anilines is 1. The third-order valence-corrected chi connectivity index (χ3v) is 7.08. The van der Waals surface area contributed by atoms with E-state index in [9.17, 15) is 13.2 Å². The fourth-order valence-electron chi connectivity index (χ4n) is 3.29. The van der Waals surface area contributed by atoms with Crippen molar-refractivity contribution in [2.75, 3.05) is 24.6 Å². The summed E-state index contributed by atoms with van der Waals surface area (Å²) in [5, 5.41) is 11.7. The van der Waals surface area contributed by atoms with E-state index in [1.54, 1.807) is 60.7 Å². The van der Waals surface area contributed by atoms with Crippen LogP contribution in [0, 0.1) is 11.3 Å². The summed E-state index contributed by atoms with van der Waals surface area (Å²) in [6.07, 6.45) is 0. The number of amides is 1. The Kier molecular flexibility index (Phi) is 8.34. The first-order valence-electron chi connectivity index (χ1n) is 11.0. The summed E-state index contributed by atoms with van der Waals surface area (Å²) in [7, 11) is -2.28. The Bertz CT molecular complexity index is 1280. The van der Waals surface area contributed by atoms with E-state index in [0.717, 1.165) is 5.56 Å². The number of hydrogen-bond donors (Lipinski definition) is 1. The molecule has 0 saturated carbocycles. The molecule has 0 bridgehead atoms. The van der Waals surface area contributed by atoms with Crippen molar-refractivity contribution in [3.63, 3.8) is 0 Å². The SMILES string of the molecule is CCOc1ccc(S(=O)(=O)N(C)c2ccc(OCC(=O)NC(C)c3ccc(C#N)cc3)cc2)cc1. The molecular weight excluding hydrogens is 466 g/mol. The van der Waals surface area contributed by atoms with Crippen LogP contribution in [0.25, 0.3) is 0 Å². The molecule has 0 aliphatic carbocycles. The molecule has 182 valence electrons. The molecule has 0 aromatic heterocycles. The fourth-order valence-corrected chi connectivity index (χ4v) is 4.48. The van der Waals surface area contributed by atoms with Crippen LogP contribution < -0.4 is 19.1 Å². The summed E-state index contributed by atoms with van der Waals surface area (Å²) in [6.45, 7) is 4.00. The van der Waals surface area contributed by atoms with Gasteiger partial charge in [-0.05, 0) is 80.1 Å². The van der Waals surface area contributed by atoms with Crippen molar-refractivity contribution in [3.8, 4) is 17.6 Å². The Morgan fingerprint density at radius 1 is 0.971 bits per heavy atom. The third kappa shape index (κ3) is 6.52. The monoisotopic (exact) mass is 493 g/mol. The minimum atomic E-state index is -3.75. The van der Waals surface area contributed by atoms with E-state index >= 15 is 0 Å². The maximum Gasteiger partial charge on any atom is 0.264 e. The predicted molar refractivity (Wildman–Crippen MR) is 133 cm³/mol. The Balaban J connectivity index is 1.56. The smallest absolute Gasteiger partial charge is 0.264 e. The summed E-state index contributed by atoms with van der Waals surface area (Å²) in [4.78, 5) is 12.4. The Labute approximate surface area is 205 Å². The van der Waals surface area contributed by atoms with Crippen LogP contribution in [0.15, 0.2) is 77.7 Å². The molecule has 3 aromatic carbocycles. The van der Waals surface area contributed by atoms with E-state index in [1.807, 2.05) is 13.8 Å². The summed E-state index contributed by atoms with van der Waals surface area (Å²) in [5.41, 5.74) is 1.88. The van der Waals surface area contributed by atoms with Crippen LogP contribution in [0.2, 0.25) is 0 Å². The van der Waals surface area contributed by atoms with Crippen LogP contribution in [0.4, 0.5) is 5.69 Å². The van der Waals surface area contributed by atoms with E-state index < -0.39 is 10.0 Å². The number of sulfonamides is 1. The van der Waals surface area contributed by atoms with E-state index in [-0.39, 0.29) is 23.5 Å². The van der Waals surface area contributed by atoms with Gasteiger partial charge < -0.3 is 14.8 Å². The minimum Gasteiger partial charge on any atom is -0.494 e. The first-order valence-corrected chi connectivity index (χ1v) is 12.4. The number of nitriles is 1. The molecule has 0 saturated heterocycles. The average Bonchev–Trinajstić information content (AvgIpc) is 2.88. The van der Waals surface area contributed by atoms with Crippen molar-refractivity contribution in [2.45, 2.75) is 24.8 Å². The topological polar surface area (TPSA) is 109 Å². The Morgan fingerprint density at radius 3 is 2.11 bits per heavy atom. The fraction of sp³-hybridized carbons (Fsp3) is 0.231. The van der Waals surface area contributed by atoms with Crippen molar-refractivity contribution >= 4 is 21.6 Å². The van der Waals surface area contributed by atoms with Gasteiger partial charge in [0.05, 0.1) is 34.9 Å². The molecule has 0 aliphatic heterocycles. The number of nitrogens with zero attached hydrogens (tertiary/aromatic N) is 2. The highest BCUT2D eigenvalue weighted by atomic mass is 32.2. The third-order valence-electron chi connectivity index (χ3n) is 5.28. The molecule has 3 rings (SSSR count). The number of ether oxygens (including phenoxy) is 2. The number of carbonyl (C=O) groups excluding carboxylic acids is 1. The molecule has 0 heterocycles. The van der Waals surface area contributed by atoms with E-state index in [2.05, 4.69) is 11.4 Å². The summed E-state index contributed by atoms with van der Waals surface area (Å²) in [6, 6.07) is 21.5. The maximum absolute atomic E-state index is 12.9. The summed E-state index contributed by atoms with van der Waals surface area (Å²) < 4.78 is 38.0. The van der Waals surface area contributed by atoms with Gasteiger partial charge in [-0.2, -0.15) is 5.26 Å². The zero-order valence-electron chi connectivity index (χ0n) is 19.8. The van der Waals surface area contributed by atoms with Crippen LogP contribution in [0.3, 0.4) is 0 Å². The molecule has 0 spiro atoms. The van der Waals surface area contributed by atoms with Crippen LogP contribution in [0.5, 0.6) is 11.5 Å². The van der Waals surface area contributed by atoms with Gasteiger partial charge in [-0.25, -0.2) is 8.42 Å². The van der Waals surface area contributed by atoms with Gasteiger partial charge in [0, 0.05) is 7.05 Å². The highest BCUT2D eigenvalue weighted by molar-refractivity contribution is 7.92. The van der Waals surface area contributed by atoms with Crippen LogP contribution in [-0.2, 0) is 14.8 Å². The maximum atomic E-state index is 12.9. The van der Waals surface area contributed by atoms with E-state index in [0.29, 0.717) is 29.4 Å². The van der Waals surface area contributed by atoms with Crippen molar-refractivity contribution in [3.05, 3.63) is 83.9 Å². The highest BCUT2D eigenvalue weighted by Crippen LogP contribution is 2.25. The van der Waals surface area contributed by atoms with Gasteiger partial charge >= 0.3 is 0 Å². The number of rotatable bonds is 10. The van der Waals surface area contributed by atoms with E-state index in [4.69, 9.17) is 14.7 Å². The second-order valence-corrected chi connectivity index (χ2v) is 9.65. The number of nitrogens with one attached hydrogen (secondary N) is 1. The van der Waals surface area contributed by atoms with Gasteiger partial charge in [0.15, 0.2) is 6.61 Å². The quantitative estimate of drug-likeness (QED) is 0.457. The van der Waals surface area contributed by atoms with Crippen molar-refractivity contribution in [1.29, 1.82) is 5.26 Å². The lowest BCUT2D eigenvalue weighted by molar-refractivity contribution is -0.123. The number of benzene rings is 3. The molecule has 8 nitrogen and oxygen atoms in total. The second-order valence-electron chi connectivity index (χ2n) is 7.68. The predicted octanol–water partition coefficient (Wildman–Crippen LogP) is 4.04. The van der Waals surface area contributed by atoms with Gasteiger partial charge in [-0.1, -0.05) is 12.1 Å². The van der Waals surface area contributed by atoms with Crippen LogP contribution in [0.1, 0.15) is 31.0 Å². The molecule has 1 atom stereocenters. The first kappa shape index (κ1) is 25.6. The van der Waals surface area contributed by atoms with E-state index in [1.165, 1.54) is 23.5 Å². The van der Waals surface area contributed by atoms with Gasteiger partial charge in [0.25, 0.3) is 15.9 Å². The largest absolute Gasteiger partial charge is 0.494 e. The zero-order chi connectivity index (χ0) is 25.4. The van der Waals surface area contributed by atoms with Crippen LogP contribution >= 0.6 is 0 Å². The average molecular weight is 494 g/mol. The molecule has 0 aliphatic rings. The van der Waals surface area contributed by atoms with Gasteiger partial charge in [0.1, 0.15) is 11.5 Å². The lowest BCUT2D eigenvalue weighted by Crippen LogP contribution is -2.31. The molecular formula is C26H27N3O5S. The molecule has 1 unspecified atom stereocenters. The normalized spacial score (nSPS) is 11.7. The number of carbonyl (C=O) groups is 1. The molecule has 0 radical (unpaired) electrons. The standard InChI is InChI=1S/C26H27N3O5S/c1-4-33-23-13-15-25(16-14-23)35(31,32)29(3)22-9-11-24(12-10-22)34-18-26(30)28-19(2)21-7-5-20(17-27)6-8-21/h5-16,19H,4,18H2,1-3H3,(H,28,30). The molecule has 1 amide bonds. The first-order chi connectivity index (χ1) is 16.7. The lowest BCUT2D eigenvalue weighted by atomic mass is 10.1. The Hall–Kier alpha value is -4.03. The molecule has 1 N–H and O–H groups in total. The van der Waals surface area contributed by atoms with Gasteiger partial charge in [-0.15, -0.1) is 0 Å². The Morgan fingerprint density at radius 2 is 1.54 bits per heavy atom. The minimum absolute atomic E-state index is 0.150. The van der Waals surface area contributed by atoms with Gasteiger partial charge in [0.2, 0.25) is 0 Å². The van der Waals surface area contributed by atoms with Gasteiger partial charge in [-0.3, -0.25) is 9.10 Å². The van der Waals surface area contributed by atoms with Crippen molar-refractivity contribution in [2.24, 2.45) is 0 Å². The number of hydrogen-bond acceptors (Lipinski definition) is 6. The molecule has 9 heteroatoms. The second kappa shape index (κ2) is 11.4. The summed E-state index contributed by atoms with van der Waals surface area (Å²) in [5.74, 6) is 0.730. The molecule has 3 aromatic rings. The lowest BCUT2D eigenvalue weighted by Gasteiger charge is -2.20. The highest BCUT2D eigenvalue weighted by Gasteiger charge is 2.21. The van der Waals surface area contributed by atoms with Crippen molar-refractivity contribution in [1.82, 2.24) is 5.32 Å². The molecule has 35 heavy (non-hydrogen) atoms. The molecule has 0 fully saturated rings. The van der Waals surface area contributed by atoms with Crippen molar-refractivity contribution < 1.29 is 22.7 Å². The summed E-state index contributed by atoms with van der Waals surface area (Å²) >= 11 is 0. The van der Waals surface area contributed by atoms with Crippen LogP contribution in [-0.4, -0.2) is 34.6 Å². The zero-order valence-corrected chi connectivity index (χ0v) is 20.6.